The van der Waals surface area contributed by atoms with Crippen molar-refractivity contribution in [3.8, 4) is 5.75 Å². The average Bonchev–Trinajstić information content (AvgIpc) is 3.33. The van der Waals surface area contributed by atoms with Crippen LogP contribution in [0.3, 0.4) is 0 Å². The van der Waals surface area contributed by atoms with Crippen molar-refractivity contribution in [3.63, 3.8) is 0 Å². The zero-order valence-electron chi connectivity index (χ0n) is 18.4. The first kappa shape index (κ1) is 23.7. The molecular formula is C24H19ClN2O6S2. The van der Waals surface area contributed by atoms with E-state index in [1.54, 1.807) is 55.5 Å². The summed E-state index contributed by atoms with van der Waals surface area (Å²) in [7, 11) is 0. The first-order chi connectivity index (χ1) is 16.9. The predicted molar refractivity (Wildman–Crippen MR) is 132 cm³/mol. The molecule has 0 saturated carbocycles. The van der Waals surface area contributed by atoms with E-state index in [-0.39, 0.29) is 29.9 Å². The van der Waals surface area contributed by atoms with Gasteiger partial charge in [-0.25, -0.2) is 9.69 Å². The number of ether oxygens (including phenoxy) is 2. The topological polar surface area (TPSA) is 106 Å². The number of fused-ring (bicyclic) bond motifs is 2. The van der Waals surface area contributed by atoms with Crippen LogP contribution in [0.4, 0.5) is 5.69 Å². The lowest BCUT2D eigenvalue weighted by molar-refractivity contribution is -0.145. The van der Waals surface area contributed by atoms with Crippen molar-refractivity contribution in [2.75, 3.05) is 18.1 Å². The molecule has 5 rings (SSSR count). The zero-order chi connectivity index (χ0) is 24.7. The second-order valence-electron chi connectivity index (χ2n) is 7.87. The van der Waals surface area contributed by atoms with Crippen molar-refractivity contribution >= 4 is 58.2 Å². The number of carbonyl (C=O) groups excluding carboxylic acids is 3. The van der Waals surface area contributed by atoms with Gasteiger partial charge in [0.15, 0.2) is 6.61 Å². The van der Waals surface area contributed by atoms with Crippen LogP contribution in [0.5, 0.6) is 5.75 Å². The molecule has 2 aliphatic rings. The highest BCUT2D eigenvalue weighted by atomic mass is 35.5. The number of aromatic amines is 1. The van der Waals surface area contributed by atoms with E-state index in [1.165, 1.54) is 16.7 Å². The van der Waals surface area contributed by atoms with Gasteiger partial charge in [-0.15, -0.1) is 0 Å². The fraction of sp³-hybridized carbons (Fsp3) is 0.250. The second kappa shape index (κ2) is 9.52. The van der Waals surface area contributed by atoms with Crippen LogP contribution in [0.25, 0.3) is 0 Å². The maximum absolute atomic E-state index is 13.8. The number of imide groups is 1. The number of esters is 1. The molecule has 35 heavy (non-hydrogen) atoms. The van der Waals surface area contributed by atoms with E-state index in [9.17, 15) is 19.2 Å². The molecule has 8 nitrogen and oxygen atoms in total. The quantitative estimate of drug-likeness (QED) is 0.381. The van der Waals surface area contributed by atoms with Crippen LogP contribution in [-0.2, 0) is 19.1 Å². The number of thiazole rings is 1. The summed E-state index contributed by atoms with van der Waals surface area (Å²) in [6.07, 6.45) is 0. The Balaban J connectivity index is 1.58. The van der Waals surface area contributed by atoms with Crippen LogP contribution in [0.1, 0.15) is 23.3 Å². The lowest BCUT2D eigenvalue weighted by Crippen LogP contribution is -2.32. The highest BCUT2D eigenvalue weighted by Crippen LogP contribution is 2.54. The molecule has 2 amide bonds. The molecule has 0 aliphatic carbocycles. The molecule has 3 atom stereocenters. The van der Waals surface area contributed by atoms with Gasteiger partial charge in [0.05, 0.1) is 23.2 Å². The molecule has 11 heteroatoms. The van der Waals surface area contributed by atoms with Gasteiger partial charge in [0.2, 0.25) is 11.8 Å². The number of carbonyl (C=O) groups is 3. The molecule has 1 N–H and O–H groups in total. The fourth-order valence-corrected chi connectivity index (χ4v) is 7.04. The molecule has 1 fully saturated rings. The van der Waals surface area contributed by atoms with Crippen LogP contribution in [0, 0.1) is 5.92 Å². The molecule has 3 heterocycles. The molecule has 1 saturated heterocycles. The minimum atomic E-state index is -0.769. The number of H-pyrrole nitrogens is 1. The van der Waals surface area contributed by atoms with Gasteiger partial charge in [0, 0.05) is 21.4 Å². The normalized spacial score (nSPS) is 21.0. The lowest BCUT2D eigenvalue weighted by Gasteiger charge is -2.30. The Morgan fingerprint density at radius 2 is 1.83 bits per heavy atom. The summed E-state index contributed by atoms with van der Waals surface area (Å²) >= 11 is 8.19. The summed E-state index contributed by atoms with van der Waals surface area (Å²) in [5, 5.41) is 0.314. The average molecular weight is 531 g/mol. The smallest absolute Gasteiger partial charge is 0.344 e. The first-order valence-electron chi connectivity index (χ1n) is 10.8. The number of hydrogen-bond acceptors (Lipinski definition) is 8. The SMILES string of the molecule is CCOC(=O)COc1ccccc1[C@H]1c2sc(=O)[nH]c2SC2C(=O)N(c3ccc(Cl)cc3)C(=O)C21. The number of nitrogens with zero attached hydrogens (tertiary/aromatic N) is 1. The highest BCUT2D eigenvalue weighted by Gasteiger charge is 2.56. The molecule has 0 radical (unpaired) electrons. The lowest BCUT2D eigenvalue weighted by atomic mass is 9.82. The van der Waals surface area contributed by atoms with Gasteiger partial charge in [-0.3, -0.25) is 14.4 Å². The van der Waals surface area contributed by atoms with Crippen molar-refractivity contribution in [3.05, 3.63) is 73.7 Å². The maximum atomic E-state index is 13.8. The summed E-state index contributed by atoms with van der Waals surface area (Å²) in [5.74, 6) is -2.26. The van der Waals surface area contributed by atoms with E-state index in [0.29, 0.717) is 31.9 Å². The highest BCUT2D eigenvalue weighted by molar-refractivity contribution is 8.00. The molecule has 1 aromatic heterocycles. The van der Waals surface area contributed by atoms with Gasteiger partial charge in [0.25, 0.3) is 0 Å². The van der Waals surface area contributed by atoms with Crippen LogP contribution >= 0.6 is 34.7 Å². The predicted octanol–water partition coefficient (Wildman–Crippen LogP) is 3.83. The molecular weight excluding hydrogens is 512 g/mol. The van der Waals surface area contributed by atoms with Gasteiger partial charge < -0.3 is 14.5 Å². The van der Waals surface area contributed by atoms with Crippen molar-refractivity contribution in [2.45, 2.75) is 23.1 Å². The number of nitrogens with one attached hydrogen (secondary N) is 1. The Morgan fingerprint density at radius 1 is 1.09 bits per heavy atom. The summed E-state index contributed by atoms with van der Waals surface area (Å²) < 4.78 is 10.7. The molecule has 2 unspecified atom stereocenters. The summed E-state index contributed by atoms with van der Waals surface area (Å²) in [4.78, 5) is 55.8. The van der Waals surface area contributed by atoms with E-state index in [4.69, 9.17) is 21.1 Å². The Kier molecular flexibility index (Phi) is 6.43. The minimum absolute atomic E-state index is 0.227. The Labute approximate surface area is 213 Å². The van der Waals surface area contributed by atoms with E-state index >= 15 is 0 Å². The first-order valence-corrected chi connectivity index (χ1v) is 12.9. The summed E-state index contributed by atoms with van der Waals surface area (Å²) in [6, 6.07) is 13.5. The Morgan fingerprint density at radius 3 is 2.57 bits per heavy atom. The van der Waals surface area contributed by atoms with Gasteiger partial charge in [0.1, 0.15) is 11.0 Å². The molecule has 3 aromatic rings. The van der Waals surface area contributed by atoms with Crippen molar-refractivity contribution in [1.82, 2.24) is 4.98 Å². The standard InChI is InChI=1S/C24H19ClN2O6S2/c1-2-32-16(28)11-33-15-6-4-3-5-14(15)17-18-20(34-21-19(17)35-24(31)26-21)23(30)27(22(18)29)13-9-7-12(25)8-10-13/h3-10,17-18,20H,2,11H2,1H3,(H,26,31)/t17-,18?,20?/m1/s1. The van der Waals surface area contributed by atoms with Crippen molar-refractivity contribution in [1.29, 1.82) is 0 Å². The largest absolute Gasteiger partial charge is 0.482 e. The van der Waals surface area contributed by atoms with E-state index in [1.807, 2.05) is 0 Å². The van der Waals surface area contributed by atoms with Gasteiger partial charge in [-0.2, -0.15) is 0 Å². The minimum Gasteiger partial charge on any atom is -0.482 e. The van der Waals surface area contributed by atoms with E-state index in [0.717, 1.165) is 11.3 Å². The number of hydrogen-bond donors (Lipinski definition) is 1. The van der Waals surface area contributed by atoms with Crippen molar-refractivity contribution in [2.24, 2.45) is 5.92 Å². The van der Waals surface area contributed by atoms with Crippen LogP contribution in [0.15, 0.2) is 58.4 Å². The number of benzene rings is 2. The summed E-state index contributed by atoms with van der Waals surface area (Å²) in [5.41, 5.74) is 1.05. The number of rotatable bonds is 6. The number of aromatic nitrogens is 1. The third-order valence-electron chi connectivity index (χ3n) is 5.81. The number of anilines is 1. The van der Waals surface area contributed by atoms with Crippen molar-refractivity contribution < 1.29 is 23.9 Å². The van der Waals surface area contributed by atoms with Crippen LogP contribution in [0.2, 0.25) is 5.02 Å². The van der Waals surface area contributed by atoms with Gasteiger partial charge >= 0.3 is 10.8 Å². The Hall–Kier alpha value is -3.08. The van der Waals surface area contributed by atoms with Gasteiger partial charge in [-0.05, 0) is 37.3 Å². The summed E-state index contributed by atoms with van der Waals surface area (Å²) in [6.45, 7) is 1.63. The molecule has 2 aliphatic heterocycles. The van der Waals surface area contributed by atoms with Crippen LogP contribution < -0.4 is 14.5 Å². The Bertz CT molecular complexity index is 1370. The van der Waals surface area contributed by atoms with Gasteiger partial charge in [-0.1, -0.05) is 52.9 Å². The molecule has 0 bridgehead atoms. The number of halogens is 1. The monoisotopic (exact) mass is 530 g/mol. The third kappa shape index (κ3) is 4.26. The second-order valence-corrected chi connectivity index (χ2v) is 10.5. The molecule has 0 spiro atoms. The van der Waals surface area contributed by atoms with E-state index in [2.05, 4.69) is 4.98 Å². The number of thioether (sulfide) groups is 1. The fourth-order valence-electron chi connectivity index (χ4n) is 4.41. The number of amides is 2. The number of para-hydroxylation sites is 1. The zero-order valence-corrected chi connectivity index (χ0v) is 20.7. The third-order valence-corrected chi connectivity index (χ3v) is 8.47. The maximum Gasteiger partial charge on any atom is 0.344 e. The molecule has 2 aromatic carbocycles. The van der Waals surface area contributed by atoms with Crippen LogP contribution in [-0.4, -0.2) is 41.2 Å². The van der Waals surface area contributed by atoms with E-state index < -0.39 is 23.1 Å². The molecule has 180 valence electrons.